The molecule has 0 spiro atoms. The Kier molecular flexibility index (Phi) is 6.33. The van der Waals surface area contributed by atoms with Gasteiger partial charge in [-0.15, -0.1) is 0 Å². The summed E-state index contributed by atoms with van der Waals surface area (Å²) in [6.07, 6.45) is 16.5. The number of carbonyl (C=O) groups is 1. The molecule has 0 aromatic rings. The number of fused-ring (bicyclic) bond motifs is 5. The third-order valence-corrected chi connectivity index (χ3v) is 11.2. The Hall–Kier alpha value is -0.590. The van der Waals surface area contributed by atoms with Crippen LogP contribution in [0.15, 0.2) is 11.6 Å². The number of ketones is 1. The summed E-state index contributed by atoms with van der Waals surface area (Å²) in [7, 11) is 0. The fourth-order valence-electron chi connectivity index (χ4n) is 9.14. The summed E-state index contributed by atoms with van der Waals surface area (Å²) in [5, 5.41) is 0. The van der Waals surface area contributed by atoms with Crippen LogP contribution in [0.4, 0.5) is 0 Å². The first-order valence-electron chi connectivity index (χ1n) is 13.4. The van der Waals surface area contributed by atoms with Crippen LogP contribution < -0.4 is 0 Å². The van der Waals surface area contributed by atoms with Crippen molar-refractivity contribution >= 4 is 5.78 Å². The molecular formula is C29H48O. The monoisotopic (exact) mass is 412 g/mol. The summed E-state index contributed by atoms with van der Waals surface area (Å²) in [6, 6.07) is 0. The number of rotatable bonds is 6. The maximum absolute atomic E-state index is 12.1. The molecule has 0 aromatic heterocycles. The van der Waals surface area contributed by atoms with Gasteiger partial charge in [0.25, 0.3) is 0 Å². The first kappa shape index (κ1) is 22.6. The van der Waals surface area contributed by atoms with Crippen molar-refractivity contribution in [1.29, 1.82) is 0 Å². The highest BCUT2D eigenvalue weighted by Crippen LogP contribution is 2.67. The molecule has 170 valence electrons. The number of carbonyl (C=O) groups excluding carboxylic acids is 1. The Morgan fingerprint density at radius 1 is 1.03 bits per heavy atom. The number of allylic oxidation sites excluding steroid dienone is 2. The van der Waals surface area contributed by atoms with Gasteiger partial charge < -0.3 is 0 Å². The van der Waals surface area contributed by atoms with E-state index in [1.807, 2.05) is 0 Å². The van der Waals surface area contributed by atoms with Gasteiger partial charge in [0.1, 0.15) is 5.78 Å². The Labute approximate surface area is 186 Å². The largest absolute Gasteiger partial charge is 0.299 e. The molecular weight excluding hydrogens is 364 g/mol. The highest BCUT2D eigenvalue weighted by atomic mass is 16.1. The first-order valence-corrected chi connectivity index (χ1v) is 13.4. The number of Topliss-reactive ketones (excluding diaryl/α,β-unsaturated/α-hetero) is 1. The Balaban J connectivity index is 1.48. The average molecular weight is 413 g/mol. The van der Waals surface area contributed by atoms with Gasteiger partial charge in [0.2, 0.25) is 0 Å². The summed E-state index contributed by atoms with van der Waals surface area (Å²) < 4.78 is 0. The Bertz CT molecular complexity index is 674. The average Bonchev–Trinajstić information content (AvgIpc) is 3.06. The van der Waals surface area contributed by atoms with E-state index < -0.39 is 0 Å². The van der Waals surface area contributed by atoms with Crippen molar-refractivity contribution in [3.63, 3.8) is 0 Å². The van der Waals surface area contributed by atoms with E-state index in [1.165, 1.54) is 56.9 Å². The minimum absolute atomic E-state index is 0.327. The normalized spacial score (nSPS) is 42.9. The van der Waals surface area contributed by atoms with Gasteiger partial charge in [-0.2, -0.15) is 0 Å². The standard InChI is InChI=1S/C29H48O/c1-7-21(19(2)3)9-8-20(4)25-12-13-26-24-11-10-22-18-23(30)14-16-28(22,5)27(24)15-17-29(25,26)6/h10,19-21,24-27H,7-9,11-18H2,1-6H3. The van der Waals surface area contributed by atoms with Gasteiger partial charge in [0.05, 0.1) is 0 Å². The molecule has 0 amide bonds. The first-order chi connectivity index (χ1) is 14.2. The van der Waals surface area contributed by atoms with Crippen LogP contribution in [0, 0.1) is 52.3 Å². The highest BCUT2D eigenvalue weighted by Gasteiger charge is 2.59. The van der Waals surface area contributed by atoms with Crippen molar-refractivity contribution in [2.45, 2.75) is 112 Å². The van der Waals surface area contributed by atoms with Crippen LogP contribution in [0.2, 0.25) is 0 Å². The van der Waals surface area contributed by atoms with Crippen LogP contribution in [0.25, 0.3) is 0 Å². The molecule has 30 heavy (non-hydrogen) atoms. The van der Waals surface area contributed by atoms with Crippen LogP contribution in [0.3, 0.4) is 0 Å². The summed E-state index contributed by atoms with van der Waals surface area (Å²) in [5.41, 5.74) is 2.41. The van der Waals surface area contributed by atoms with Gasteiger partial charge in [-0.05, 0) is 97.2 Å². The summed E-state index contributed by atoms with van der Waals surface area (Å²) in [4.78, 5) is 12.1. The fourth-order valence-corrected chi connectivity index (χ4v) is 9.14. The van der Waals surface area contributed by atoms with E-state index in [0.29, 0.717) is 16.6 Å². The van der Waals surface area contributed by atoms with Gasteiger partial charge in [-0.25, -0.2) is 0 Å². The van der Waals surface area contributed by atoms with Gasteiger partial charge in [0.15, 0.2) is 0 Å². The van der Waals surface area contributed by atoms with Crippen molar-refractivity contribution in [3.05, 3.63) is 11.6 Å². The van der Waals surface area contributed by atoms with E-state index in [0.717, 1.165) is 60.7 Å². The van der Waals surface area contributed by atoms with Crippen LogP contribution in [0.5, 0.6) is 0 Å². The lowest BCUT2D eigenvalue weighted by molar-refractivity contribution is -0.122. The predicted octanol–water partition coefficient (Wildman–Crippen LogP) is 8.23. The van der Waals surface area contributed by atoms with Crippen molar-refractivity contribution in [1.82, 2.24) is 0 Å². The van der Waals surface area contributed by atoms with E-state index in [2.05, 4.69) is 47.6 Å². The van der Waals surface area contributed by atoms with Crippen LogP contribution >= 0.6 is 0 Å². The molecule has 8 atom stereocenters. The van der Waals surface area contributed by atoms with E-state index in [1.54, 1.807) is 0 Å². The maximum atomic E-state index is 12.1. The second-order valence-electron chi connectivity index (χ2n) is 12.7. The Morgan fingerprint density at radius 2 is 1.80 bits per heavy atom. The van der Waals surface area contributed by atoms with E-state index in [4.69, 9.17) is 0 Å². The molecule has 4 aliphatic rings. The smallest absolute Gasteiger partial charge is 0.136 e. The summed E-state index contributed by atoms with van der Waals surface area (Å²) in [6.45, 7) is 15.0. The van der Waals surface area contributed by atoms with Crippen LogP contribution in [-0.2, 0) is 4.79 Å². The lowest BCUT2D eigenvalue weighted by atomic mass is 9.47. The molecule has 4 rings (SSSR count). The second-order valence-corrected chi connectivity index (χ2v) is 12.7. The fraction of sp³-hybridized carbons (Fsp3) is 0.897. The molecule has 0 bridgehead atoms. The summed E-state index contributed by atoms with van der Waals surface area (Å²) >= 11 is 0. The zero-order valence-corrected chi connectivity index (χ0v) is 20.8. The molecule has 3 saturated carbocycles. The molecule has 3 fully saturated rings. The van der Waals surface area contributed by atoms with Gasteiger partial charge in [-0.3, -0.25) is 4.79 Å². The topological polar surface area (TPSA) is 17.1 Å². The third kappa shape index (κ3) is 3.65. The lowest BCUT2D eigenvalue weighted by Crippen LogP contribution is -2.50. The van der Waals surface area contributed by atoms with Crippen molar-refractivity contribution < 1.29 is 4.79 Å². The number of hydrogen-bond acceptors (Lipinski definition) is 1. The molecule has 1 heteroatoms. The molecule has 1 nitrogen and oxygen atoms in total. The zero-order valence-electron chi connectivity index (χ0n) is 20.8. The third-order valence-electron chi connectivity index (χ3n) is 11.2. The highest BCUT2D eigenvalue weighted by molar-refractivity contribution is 5.82. The molecule has 8 unspecified atom stereocenters. The predicted molar refractivity (Wildman–Crippen MR) is 127 cm³/mol. The van der Waals surface area contributed by atoms with Crippen LogP contribution in [-0.4, -0.2) is 5.78 Å². The van der Waals surface area contributed by atoms with Gasteiger partial charge >= 0.3 is 0 Å². The molecule has 0 radical (unpaired) electrons. The minimum Gasteiger partial charge on any atom is -0.299 e. The number of hydrogen-bond donors (Lipinski definition) is 0. The molecule has 0 N–H and O–H groups in total. The molecule has 4 aliphatic carbocycles. The second kappa shape index (κ2) is 8.40. The van der Waals surface area contributed by atoms with Crippen molar-refractivity contribution in [3.8, 4) is 0 Å². The molecule has 0 saturated heterocycles. The maximum Gasteiger partial charge on any atom is 0.136 e. The summed E-state index contributed by atoms with van der Waals surface area (Å²) in [5.74, 6) is 6.66. The van der Waals surface area contributed by atoms with Gasteiger partial charge in [0, 0.05) is 12.8 Å². The Morgan fingerprint density at radius 3 is 2.50 bits per heavy atom. The SMILES string of the molecule is CCC(CCC(C)C1CCC2C3CC=C4CC(=O)CCC4(C)C3CCC12C)C(C)C. The van der Waals surface area contributed by atoms with Crippen molar-refractivity contribution in [2.24, 2.45) is 52.3 Å². The van der Waals surface area contributed by atoms with E-state index >= 15 is 0 Å². The van der Waals surface area contributed by atoms with Crippen LogP contribution in [0.1, 0.15) is 112 Å². The molecule has 0 heterocycles. The van der Waals surface area contributed by atoms with Gasteiger partial charge in [-0.1, -0.05) is 66.0 Å². The quantitative estimate of drug-likeness (QED) is 0.401. The van der Waals surface area contributed by atoms with E-state index in [-0.39, 0.29) is 0 Å². The molecule has 0 aliphatic heterocycles. The zero-order chi connectivity index (χ0) is 21.7. The lowest BCUT2D eigenvalue weighted by Gasteiger charge is -2.58. The van der Waals surface area contributed by atoms with E-state index in [9.17, 15) is 4.79 Å². The minimum atomic E-state index is 0.327. The van der Waals surface area contributed by atoms with Crippen molar-refractivity contribution in [2.75, 3.05) is 0 Å². The molecule has 0 aromatic carbocycles.